The maximum Gasteiger partial charge on any atom is 0.0534 e. The third-order valence-electron chi connectivity index (χ3n) is 2.35. The molecule has 0 aromatic rings. The van der Waals surface area contributed by atoms with Crippen LogP contribution in [-0.2, 0) is 0 Å². The van der Waals surface area contributed by atoms with E-state index < -0.39 is 0 Å². The Morgan fingerprint density at radius 3 is 2.83 bits per heavy atom. The van der Waals surface area contributed by atoms with Gasteiger partial charge in [0.25, 0.3) is 0 Å². The Labute approximate surface area is 80.7 Å². The zero-order chi connectivity index (χ0) is 8.97. The molecule has 1 nitrogen and oxygen atoms in total. The maximum absolute atomic E-state index is 3.63. The van der Waals surface area contributed by atoms with Gasteiger partial charge in [0.05, 0.1) is 5.37 Å². The van der Waals surface area contributed by atoms with Gasteiger partial charge < -0.3 is 5.32 Å². The Balaban J connectivity index is 2.14. The van der Waals surface area contributed by atoms with Crippen molar-refractivity contribution in [1.82, 2.24) is 5.32 Å². The molecule has 0 aromatic carbocycles. The zero-order valence-electron chi connectivity index (χ0n) is 8.47. The van der Waals surface area contributed by atoms with Crippen molar-refractivity contribution >= 4 is 11.8 Å². The molecular weight excluding hydrogens is 166 g/mol. The van der Waals surface area contributed by atoms with Crippen LogP contribution in [-0.4, -0.2) is 17.2 Å². The normalized spacial score (nSPS) is 31.0. The molecule has 1 saturated heterocycles. The highest BCUT2D eigenvalue weighted by atomic mass is 32.2. The van der Waals surface area contributed by atoms with Crippen molar-refractivity contribution in [3.8, 4) is 0 Å². The van der Waals surface area contributed by atoms with Gasteiger partial charge in [-0.25, -0.2) is 0 Å². The van der Waals surface area contributed by atoms with Crippen LogP contribution in [0.3, 0.4) is 0 Å². The predicted octanol–water partition coefficient (Wildman–Crippen LogP) is 2.86. The second kappa shape index (κ2) is 5.13. The molecule has 1 rings (SSSR count). The number of hydrogen-bond acceptors (Lipinski definition) is 2. The average molecular weight is 187 g/mol. The third-order valence-corrected chi connectivity index (χ3v) is 3.59. The Hall–Kier alpha value is 0.310. The molecule has 1 N–H and O–H groups in total. The van der Waals surface area contributed by atoms with Gasteiger partial charge in [0.2, 0.25) is 0 Å². The largest absolute Gasteiger partial charge is 0.303 e. The fraction of sp³-hybridized carbons (Fsp3) is 1.00. The molecule has 2 heteroatoms. The van der Waals surface area contributed by atoms with Crippen molar-refractivity contribution in [2.45, 2.75) is 51.4 Å². The van der Waals surface area contributed by atoms with Crippen LogP contribution in [0.15, 0.2) is 0 Å². The molecule has 1 aliphatic rings. The van der Waals surface area contributed by atoms with Crippen molar-refractivity contribution in [2.24, 2.45) is 5.92 Å². The molecule has 0 amide bonds. The van der Waals surface area contributed by atoms with Gasteiger partial charge in [0, 0.05) is 6.04 Å². The molecule has 1 fully saturated rings. The molecule has 0 bridgehead atoms. The Morgan fingerprint density at radius 2 is 2.25 bits per heavy atom. The fourth-order valence-electron chi connectivity index (χ4n) is 1.49. The van der Waals surface area contributed by atoms with Crippen LogP contribution in [0.25, 0.3) is 0 Å². The van der Waals surface area contributed by atoms with Crippen LogP contribution < -0.4 is 5.32 Å². The van der Waals surface area contributed by atoms with E-state index in [0.717, 1.165) is 17.3 Å². The molecule has 0 saturated carbocycles. The number of nitrogens with one attached hydrogen (secondary N) is 1. The zero-order valence-corrected chi connectivity index (χ0v) is 9.29. The Bertz CT molecular complexity index is 125. The van der Waals surface area contributed by atoms with Gasteiger partial charge in [-0.3, -0.25) is 0 Å². The lowest BCUT2D eigenvalue weighted by molar-refractivity contribution is 0.450. The van der Waals surface area contributed by atoms with E-state index in [1.807, 2.05) is 0 Å². The summed E-state index contributed by atoms with van der Waals surface area (Å²) in [6.07, 6.45) is 4.03. The second-order valence-electron chi connectivity index (χ2n) is 4.19. The summed E-state index contributed by atoms with van der Waals surface area (Å²) in [5.74, 6) is 2.20. The van der Waals surface area contributed by atoms with Crippen molar-refractivity contribution in [3.63, 3.8) is 0 Å². The summed E-state index contributed by atoms with van der Waals surface area (Å²) in [6.45, 7) is 6.90. The molecular formula is C10H21NS. The highest BCUT2D eigenvalue weighted by Gasteiger charge is 2.17. The minimum Gasteiger partial charge on any atom is -0.303 e. The number of rotatable bonds is 3. The first-order chi connectivity index (χ1) is 5.68. The minimum absolute atomic E-state index is 0.733. The first kappa shape index (κ1) is 10.4. The molecule has 0 aromatic heterocycles. The molecule has 12 heavy (non-hydrogen) atoms. The highest BCUT2D eigenvalue weighted by Crippen LogP contribution is 2.22. The van der Waals surface area contributed by atoms with E-state index in [2.05, 4.69) is 37.8 Å². The van der Waals surface area contributed by atoms with Crippen molar-refractivity contribution in [1.29, 1.82) is 0 Å². The third kappa shape index (κ3) is 3.81. The molecule has 0 aliphatic carbocycles. The average Bonchev–Trinajstić information content (AvgIpc) is 2.01. The van der Waals surface area contributed by atoms with E-state index in [-0.39, 0.29) is 0 Å². The van der Waals surface area contributed by atoms with Crippen LogP contribution in [0.5, 0.6) is 0 Å². The summed E-state index contributed by atoms with van der Waals surface area (Å²) in [5, 5.41) is 4.37. The standard InChI is InChI=1S/C10H21NS/c1-8(2)4-5-10-11-9(3)6-7-12-10/h8-11H,4-7H2,1-3H3. The number of hydrogen-bond donors (Lipinski definition) is 1. The number of thioether (sulfide) groups is 1. The van der Waals surface area contributed by atoms with Crippen LogP contribution in [0.4, 0.5) is 0 Å². The fourth-order valence-corrected chi connectivity index (χ4v) is 2.89. The first-order valence-electron chi connectivity index (χ1n) is 5.06. The van der Waals surface area contributed by atoms with Crippen molar-refractivity contribution in [3.05, 3.63) is 0 Å². The van der Waals surface area contributed by atoms with Crippen molar-refractivity contribution in [2.75, 3.05) is 5.75 Å². The van der Waals surface area contributed by atoms with Gasteiger partial charge in [0.1, 0.15) is 0 Å². The lowest BCUT2D eigenvalue weighted by atomic mass is 10.1. The summed E-state index contributed by atoms with van der Waals surface area (Å²) < 4.78 is 0. The van der Waals surface area contributed by atoms with Gasteiger partial charge >= 0.3 is 0 Å². The lowest BCUT2D eigenvalue weighted by Crippen LogP contribution is -2.39. The predicted molar refractivity (Wildman–Crippen MR) is 57.5 cm³/mol. The van der Waals surface area contributed by atoms with Crippen LogP contribution in [0.2, 0.25) is 0 Å². The van der Waals surface area contributed by atoms with E-state index in [9.17, 15) is 0 Å². The summed E-state index contributed by atoms with van der Waals surface area (Å²) in [4.78, 5) is 0. The topological polar surface area (TPSA) is 12.0 Å². The molecule has 2 unspecified atom stereocenters. The summed E-state index contributed by atoms with van der Waals surface area (Å²) in [5.41, 5.74) is 0. The first-order valence-corrected chi connectivity index (χ1v) is 6.11. The summed E-state index contributed by atoms with van der Waals surface area (Å²) >= 11 is 2.10. The summed E-state index contributed by atoms with van der Waals surface area (Å²) in [6, 6.07) is 0.739. The van der Waals surface area contributed by atoms with Gasteiger partial charge in [0.15, 0.2) is 0 Å². The lowest BCUT2D eigenvalue weighted by Gasteiger charge is -2.28. The van der Waals surface area contributed by atoms with Gasteiger partial charge in [-0.15, -0.1) is 11.8 Å². The van der Waals surface area contributed by atoms with Crippen LogP contribution >= 0.6 is 11.8 Å². The Kier molecular flexibility index (Phi) is 4.44. The van der Waals surface area contributed by atoms with Crippen LogP contribution in [0, 0.1) is 5.92 Å². The van der Waals surface area contributed by atoms with E-state index in [1.54, 1.807) is 0 Å². The second-order valence-corrected chi connectivity index (χ2v) is 5.50. The van der Waals surface area contributed by atoms with Gasteiger partial charge in [-0.2, -0.15) is 0 Å². The monoisotopic (exact) mass is 187 g/mol. The van der Waals surface area contributed by atoms with Gasteiger partial charge in [-0.1, -0.05) is 13.8 Å². The van der Waals surface area contributed by atoms with Crippen molar-refractivity contribution < 1.29 is 0 Å². The minimum atomic E-state index is 0.733. The molecule has 0 spiro atoms. The summed E-state index contributed by atoms with van der Waals surface area (Å²) in [7, 11) is 0. The van der Waals surface area contributed by atoms with E-state index in [4.69, 9.17) is 0 Å². The quantitative estimate of drug-likeness (QED) is 0.729. The molecule has 0 radical (unpaired) electrons. The smallest absolute Gasteiger partial charge is 0.0534 e. The highest BCUT2D eigenvalue weighted by molar-refractivity contribution is 7.99. The molecule has 72 valence electrons. The molecule has 2 atom stereocenters. The van der Waals surface area contributed by atoms with Gasteiger partial charge in [-0.05, 0) is 37.9 Å². The molecule has 1 aliphatic heterocycles. The maximum atomic E-state index is 3.63. The van der Waals surface area contributed by atoms with E-state index >= 15 is 0 Å². The Morgan fingerprint density at radius 1 is 1.50 bits per heavy atom. The molecule has 1 heterocycles. The SMILES string of the molecule is CC(C)CCC1NC(C)CCS1. The van der Waals surface area contributed by atoms with E-state index in [1.165, 1.54) is 25.0 Å². The van der Waals surface area contributed by atoms with Crippen LogP contribution in [0.1, 0.15) is 40.0 Å². The van der Waals surface area contributed by atoms with E-state index in [0.29, 0.717) is 0 Å².